The highest BCUT2D eigenvalue weighted by Crippen LogP contribution is 2.55. The van der Waals surface area contributed by atoms with Crippen LogP contribution in [0.25, 0.3) is 95.8 Å². The van der Waals surface area contributed by atoms with Gasteiger partial charge in [-0.3, -0.25) is 0 Å². The molecule has 0 aliphatic carbocycles. The van der Waals surface area contributed by atoms with Crippen LogP contribution in [0.5, 0.6) is 0 Å². The maximum absolute atomic E-state index is 5.60. The molecule has 4 heterocycles. The molecule has 5 heteroatoms. The molecule has 0 spiro atoms. The minimum atomic E-state index is 0.720. The molecule has 0 bridgehead atoms. The van der Waals surface area contributed by atoms with Crippen LogP contribution in [0.15, 0.2) is 164 Å². The van der Waals surface area contributed by atoms with Gasteiger partial charge in [-0.15, -0.1) is 22.7 Å². The van der Waals surface area contributed by atoms with E-state index in [1.807, 2.05) is 11.3 Å². The van der Waals surface area contributed by atoms with Crippen molar-refractivity contribution in [3.05, 3.63) is 164 Å². The number of para-hydroxylation sites is 1. The summed E-state index contributed by atoms with van der Waals surface area (Å²) in [5.74, 6) is 0.720. The Kier molecular flexibility index (Phi) is 6.09. The topological polar surface area (TPSA) is 29.0 Å². The Hall–Kier alpha value is -6.40. The largest absolute Gasteiger partial charge is 0.308 e. The predicted octanol–water partition coefficient (Wildman–Crippen LogP) is 14.3. The Morgan fingerprint density at radius 2 is 1.02 bits per heavy atom. The third-order valence-corrected chi connectivity index (χ3v) is 13.2. The summed E-state index contributed by atoms with van der Waals surface area (Å²) in [5.41, 5.74) is 9.99. The van der Waals surface area contributed by atoms with Crippen LogP contribution in [0.2, 0.25) is 0 Å². The molecule has 246 valence electrons. The second kappa shape index (κ2) is 11.1. The molecule has 11 aromatic rings. The summed E-state index contributed by atoms with van der Waals surface area (Å²) in [5, 5.41) is 8.61. The van der Waals surface area contributed by atoms with Crippen molar-refractivity contribution >= 4 is 102 Å². The summed E-state index contributed by atoms with van der Waals surface area (Å²) in [7, 11) is 0. The first-order chi connectivity index (χ1) is 26.3. The molecule has 0 N–H and O–H groups in total. The van der Waals surface area contributed by atoms with Crippen molar-refractivity contribution in [2.24, 2.45) is 0 Å². The van der Waals surface area contributed by atoms with Crippen LogP contribution in [-0.2, 0) is 0 Å². The first-order valence-electron chi connectivity index (χ1n) is 17.8. The van der Waals surface area contributed by atoms with E-state index in [1.165, 1.54) is 63.2 Å². The lowest BCUT2D eigenvalue weighted by molar-refractivity contribution is 1.22. The fraction of sp³-hybridized carbons (Fsp3) is 0. The van der Waals surface area contributed by atoms with E-state index in [9.17, 15) is 0 Å². The third-order valence-electron chi connectivity index (χ3n) is 10.8. The molecule has 3 aromatic heterocycles. The maximum atomic E-state index is 5.60. The lowest BCUT2D eigenvalue weighted by atomic mass is 9.88. The molecule has 0 unspecified atom stereocenters. The lowest BCUT2D eigenvalue weighted by Crippen LogP contribution is -2.16. The zero-order valence-corrected chi connectivity index (χ0v) is 29.9. The summed E-state index contributed by atoms with van der Waals surface area (Å²) in [6.45, 7) is 0. The Labute approximate surface area is 312 Å². The zero-order valence-electron chi connectivity index (χ0n) is 28.2. The number of fused-ring (bicyclic) bond motifs is 10. The standard InChI is InChI=1S/C48H27N3S2/c1-2-15-30-28(12-1)26-27-33-32-19-9-13-29-14-10-23-39(42(29)32)51(45(30)33)38-22-6-3-17-35(38)48-49-43-36-18-5-8-25-41(36)53-47(43)44(50-48)37-21-11-20-34-31-16-4-7-24-40(31)52-46(34)37/h1-27H. The molecule has 1 aliphatic rings. The van der Waals surface area contributed by atoms with E-state index in [-0.39, 0.29) is 0 Å². The third kappa shape index (κ3) is 4.15. The van der Waals surface area contributed by atoms with Crippen LogP contribution in [0.4, 0.5) is 17.1 Å². The van der Waals surface area contributed by atoms with Gasteiger partial charge in [0.2, 0.25) is 0 Å². The number of thiophene rings is 2. The van der Waals surface area contributed by atoms with E-state index in [4.69, 9.17) is 9.97 Å². The van der Waals surface area contributed by atoms with Gasteiger partial charge in [0.1, 0.15) is 0 Å². The number of anilines is 3. The van der Waals surface area contributed by atoms with Gasteiger partial charge in [-0.05, 0) is 46.7 Å². The van der Waals surface area contributed by atoms with Crippen LogP contribution < -0.4 is 4.90 Å². The van der Waals surface area contributed by atoms with Crippen molar-refractivity contribution in [3.63, 3.8) is 0 Å². The predicted molar refractivity (Wildman–Crippen MR) is 227 cm³/mol. The van der Waals surface area contributed by atoms with Gasteiger partial charge in [-0.25, -0.2) is 9.97 Å². The fourth-order valence-corrected chi connectivity index (χ4v) is 10.9. The summed E-state index contributed by atoms with van der Waals surface area (Å²) in [6, 6.07) is 59.3. The van der Waals surface area contributed by atoms with Crippen molar-refractivity contribution in [3.8, 4) is 33.8 Å². The maximum Gasteiger partial charge on any atom is 0.162 e. The fourth-order valence-electron chi connectivity index (χ4n) is 8.50. The van der Waals surface area contributed by atoms with E-state index in [1.54, 1.807) is 11.3 Å². The van der Waals surface area contributed by atoms with Gasteiger partial charge in [0.25, 0.3) is 0 Å². The van der Waals surface area contributed by atoms with Gasteiger partial charge in [0.15, 0.2) is 5.82 Å². The average Bonchev–Trinajstić information content (AvgIpc) is 3.79. The van der Waals surface area contributed by atoms with Crippen LogP contribution in [0, 0.1) is 0 Å². The first kappa shape index (κ1) is 29.2. The second-order valence-corrected chi connectivity index (χ2v) is 15.8. The molecule has 0 saturated carbocycles. The number of aromatic nitrogens is 2. The van der Waals surface area contributed by atoms with Crippen molar-refractivity contribution in [2.75, 3.05) is 4.90 Å². The Morgan fingerprint density at radius 1 is 0.396 bits per heavy atom. The van der Waals surface area contributed by atoms with Gasteiger partial charge in [0, 0.05) is 57.7 Å². The van der Waals surface area contributed by atoms with Crippen LogP contribution >= 0.6 is 22.7 Å². The molecule has 8 aromatic carbocycles. The number of benzene rings is 8. The molecule has 0 fully saturated rings. The van der Waals surface area contributed by atoms with Crippen LogP contribution in [0.3, 0.4) is 0 Å². The average molecular weight is 710 g/mol. The molecule has 0 saturated heterocycles. The zero-order chi connectivity index (χ0) is 34.6. The van der Waals surface area contributed by atoms with Crippen molar-refractivity contribution < 1.29 is 0 Å². The number of hydrogen-bond donors (Lipinski definition) is 0. The highest BCUT2D eigenvalue weighted by molar-refractivity contribution is 7.27. The molecule has 3 nitrogen and oxygen atoms in total. The first-order valence-corrected chi connectivity index (χ1v) is 19.5. The Bertz CT molecular complexity index is 3310. The summed E-state index contributed by atoms with van der Waals surface area (Å²) < 4.78 is 4.87. The van der Waals surface area contributed by atoms with E-state index in [0.717, 1.165) is 49.6 Å². The normalized spacial score (nSPS) is 12.5. The molecule has 1 aliphatic heterocycles. The Morgan fingerprint density at radius 3 is 1.92 bits per heavy atom. The highest BCUT2D eigenvalue weighted by Gasteiger charge is 2.30. The summed E-state index contributed by atoms with van der Waals surface area (Å²) in [4.78, 5) is 13.6. The molecular formula is C48H27N3S2. The molecule has 0 atom stereocenters. The number of rotatable bonds is 3. The van der Waals surface area contributed by atoms with Crippen LogP contribution in [-0.4, -0.2) is 9.97 Å². The van der Waals surface area contributed by atoms with Gasteiger partial charge in [-0.1, -0.05) is 133 Å². The van der Waals surface area contributed by atoms with E-state index in [2.05, 4.69) is 169 Å². The van der Waals surface area contributed by atoms with Gasteiger partial charge >= 0.3 is 0 Å². The van der Waals surface area contributed by atoms with Crippen LogP contribution in [0.1, 0.15) is 0 Å². The Balaban J connectivity index is 1.18. The monoisotopic (exact) mass is 709 g/mol. The quantitative estimate of drug-likeness (QED) is 0.183. The van der Waals surface area contributed by atoms with E-state index >= 15 is 0 Å². The van der Waals surface area contributed by atoms with E-state index < -0.39 is 0 Å². The highest BCUT2D eigenvalue weighted by atomic mass is 32.1. The van der Waals surface area contributed by atoms with Crippen molar-refractivity contribution in [1.29, 1.82) is 0 Å². The van der Waals surface area contributed by atoms with E-state index in [0.29, 0.717) is 0 Å². The molecule has 0 radical (unpaired) electrons. The lowest BCUT2D eigenvalue weighted by Gasteiger charge is -2.35. The van der Waals surface area contributed by atoms with Gasteiger partial charge < -0.3 is 4.90 Å². The molecule has 12 rings (SSSR count). The summed E-state index contributed by atoms with van der Waals surface area (Å²) >= 11 is 3.63. The van der Waals surface area contributed by atoms with Gasteiger partial charge in [0.05, 0.1) is 33.0 Å². The summed E-state index contributed by atoms with van der Waals surface area (Å²) in [6.07, 6.45) is 0. The SMILES string of the molecule is c1ccc(N2c3c(ccc4ccccc34)-c3cccc4cccc2c34)c(-c2nc(-c3cccc4c3sc3ccccc34)c3sc4ccccc4c3n2)c1. The van der Waals surface area contributed by atoms with Gasteiger partial charge in [-0.2, -0.15) is 0 Å². The second-order valence-electron chi connectivity index (χ2n) is 13.7. The smallest absolute Gasteiger partial charge is 0.162 e. The molecule has 53 heavy (non-hydrogen) atoms. The number of hydrogen-bond acceptors (Lipinski definition) is 5. The minimum absolute atomic E-state index is 0.720. The molecule has 0 amide bonds. The van der Waals surface area contributed by atoms with Crippen molar-refractivity contribution in [1.82, 2.24) is 9.97 Å². The minimum Gasteiger partial charge on any atom is -0.308 e. The van der Waals surface area contributed by atoms with Crippen molar-refractivity contribution in [2.45, 2.75) is 0 Å². The molecular weight excluding hydrogens is 683 g/mol. The number of nitrogens with zero attached hydrogens (tertiary/aromatic N) is 3.